The van der Waals surface area contributed by atoms with Gasteiger partial charge in [-0.1, -0.05) is 12.1 Å². The normalized spacial score (nSPS) is 11.2. The monoisotopic (exact) mass is 534 g/mol. The Balaban J connectivity index is 0.00000480. The minimum atomic E-state index is -5.54. The van der Waals surface area contributed by atoms with Crippen molar-refractivity contribution in [3.05, 3.63) is 48.3 Å². The van der Waals surface area contributed by atoms with Crippen molar-refractivity contribution in [3.8, 4) is 0 Å². The molecule has 1 heterocycles. The molecule has 15 heteroatoms. The number of amides is 2. The molecule has 2 aromatic rings. The van der Waals surface area contributed by atoms with Crippen molar-refractivity contribution in [2.24, 2.45) is 0 Å². The fraction of sp³-hybridized carbons (Fsp3) is 0.294. The van der Waals surface area contributed by atoms with Gasteiger partial charge in [0.15, 0.2) is 0 Å². The van der Waals surface area contributed by atoms with Crippen LogP contribution < -0.4 is 123 Å². The summed E-state index contributed by atoms with van der Waals surface area (Å²) in [5.74, 6) is 0. The third kappa shape index (κ3) is 10.2. The van der Waals surface area contributed by atoms with Gasteiger partial charge in [-0.15, -0.1) is 0 Å². The summed E-state index contributed by atoms with van der Waals surface area (Å²) in [5, 5.41) is 5.25. The van der Waals surface area contributed by atoms with Gasteiger partial charge in [0.05, 0.1) is 13.5 Å². The van der Waals surface area contributed by atoms with Crippen LogP contribution in [0.25, 0.3) is 0 Å². The topological polar surface area (TPSA) is 164 Å². The van der Waals surface area contributed by atoms with Gasteiger partial charge in [0, 0.05) is 24.1 Å². The van der Waals surface area contributed by atoms with E-state index in [1.165, 1.54) is 12.3 Å². The molecule has 0 saturated heterocycles. The number of carbonyl (C=O) groups excluding carboxylic acids is 1. The Morgan fingerprint density at radius 1 is 1.25 bits per heavy atom. The summed E-state index contributed by atoms with van der Waals surface area (Å²) in [5.41, 5.74) is 1.59. The zero-order valence-corrected chi connectivity index (χ0v) is 26.4. The summed E-state index contributed by atoms with van der Waals surface area (Å²) in [7, 11) is -10.2. The van der Waals surface area contributed by atoms with Crippen molar-refractivity contribution in [1.29, 1.82) is 0 Å². The maximum atomic E-state index is 13.2. The van der Waals surface area contributed by atoms with Crippen molar-refractivity contribution in [2.75, 3.05) is 12.0 Å². The first kappa shape index (κ1) is 32.8. The number of nitrogens with zero attached hydrogens (tertiary/aromatic N) is 2. The van der Waals surface area contributed by atoms with E-state index in [1.807, 2.05) is 13.0 Å². The van der Waals surface area contributed by atoms with Crippen LogP contribution in [-0.4, -0.2) is 36.5 Å². The molecule has 0 radical (unpaired) electrons. The number of sulfonamides is 1. The minimum absolute atomic E-state index is 0. The quantitative estimate of drug-likeness (QED) is 0.192. The number of rotatable bonds is 8. The average molecular weight is 535 g/mol. The Labute approximate surface area is 272 Å². The summed E-state index contributed by atoms with van der Waals surface area (Å²) < 4.78 is 41.4. The fourth-order valence-electron chi connectivity index (χ4n) is 2.37. The molecule has 0 bridgehead atoms. The van der Waals surface area contributed by atoms with Gasteiger partial charge in [0.2, 0.25) is 0 Å². The first-order chi connectivity index (χ1) is 13.9. The molecular formula is C17H21K2N4O7PS. The maximum absolute atomic E-state index is 13.2. The number of anilines is 2. The molecule has 2 rings (SSSR count). The van der Waals surface area contributed by atoms with Gasteiger partial charge in [0.25, 0.3) is 10.0 Å². The third-order valence-electron chi connectivity index (χ3n) is 3.62. The fourth-order valence-corrected chi connectivity index (χ4v) is 3.99. The number of phosphoric acid groups is 1. The number of carbonyl (C=O) groups is 1. The van der Waals surface area contributed by atoms with E-state index in [2.05, 4.69) is 20.1 Å². The van der Waals surface area contributed by atoms with Crippen molar-refractivity contribution in [3.63, 3.8) is 0 Å². The standard InChI is InChI=1S/C17H23N4O7PS.2K/c1-12(2)19-17(22)21(11-28-29(23,24)25)30(26,27)16-10-18-8-7-15(16)20-14-6-4-5-13(3)9-14;;/h4-10,12H,11H2,1-3H3,(H,18,20)(H,19,22)(H2,23,24,25);;/q;2*+1/p-2. The molecule has 0 aliphatic carbocycles. The molecule has 1 aromatic heterocycles. The molecule has 0 aliphatic heterocycles. The first-order valence-electron chi connectivity index (χ1n) is 8.67. The van der Waals surface area contributed by atoms with Crippen LogP contribution in [0.4, 0.5) is 16.2 Å². The van der Waals surface area contributed by atoms with Crippen molar-refractivity contribution < 1.29 is 135 Å². The number of nitrogens with one attached hydrogen (secondary N) is 2. The van der Waals surface area contributed by atoms with E-state index in [1.54, 1.807) is 32.0 Å². The number of hydrogen-bond acceptors (Lipinski definition) is 9. The second kappa shape index (κ2) is 14.4. The summed E-state index contributed by atoms with van der Waals surface area (Å²) in [6, 6.07) is 6.85. The molecular weight excluding hydrogens is 513 g/mol. The Morgan fingerprint density at radius 3 is 2.47 bits per heavy atom. The van der Waals surface area contributed by atoms with Crippen LogP contribution in [0.3, 0.4) is 0 Å². The maximum Gasteiger partial charge on any atom is 1.00 e. The zero-order valence-electron chi connectivity index (χ0n) is 18.4. The average Bonchev–Trinajstić information content (AvgIpc) is 2.60. The first-order valence-corrected chi connectivity index (χ1v) is 11.6. The van der Waals surface area contributed by atoms with E-state index < -0.39 is 41.5 Å². The van der Waals surface area contributed by atoms with Crippen LogP contribution in [0.5, 0.6) is 0 Å². The molecule has 1 aromatic carbocycles. The van der Waals surface area contributed by atoms with Crippen LogP contribution in [0, 0.1) is 6.92 Å². The van der Waals surface area contributed by atoms with Gasteiger partial charge in [-0.2, -0.15) is 4.31 Å². The number of hydrogen-bond donors (Lipinski definition) is 2. The van der Waals surface area contributed by atoms with Crippen molar-refractivity contribution >= 4 is 35.3 Å². The molecule has 0 fully saturated rings. The van der Waals surface area contributed by atoms with E-state index in [9.17, 15) is 27.6 Å². The van der Waals surface area contributed by atoms with E-state index in [4.69, 9.17) is 0 Å². The number of phosphoric ester groups is 1. The number of benzene rings is 1. The van der Waals surface area contributed by atoms with Gasteiger partial charge in [-0.3, -0.25) is 4.98 Å². The molecule has 0 aliphatic rings. The van der Waals surface area contributed by atoms with Gasteiger partial charge < -0.3 is 29.5 Å². The molecule has 32 heavy (non-hydrogen) atoms. The molecule has 0 unspecified atom stereocenters. The molecule has 164 valence electrons. The van der Waals surface area contributed by atoms with E-state index >= 15 is 0 Å². The molecule has 0 saturated carbocycles. The number of aromatic nitrogens is 1. The largest absolute Gasteiger partial charge is 1.00 e. The van der Waals surface area contributed by atoms with Crippen LogP contribution >= 0.6 is 7.82 Å². The number of pyridine rings is 1. The molecule has 2 amide bonds. The van der Waals surface area contributed by atoms with E-state index in [0.717, 1.165) is 11.8 Å². The summed E-state index contributed by atoms with van der Waals surface area (Å²) in [6.07, 6.45) is 2.34. The van der Waals surface area contributed by atoms with Gasteiger partial charge in [0.1, 0.15) is 11.6 Å². The Kier molecular flexibility index (Phi) is 14.7. The summed E-state index contributed by atoms with van der Waals surface area (Å²) in [6.45, 7) is 3.69. The minimum Gasteiger partial charge on any atom is -0.790 e. The SMILES string of the molecule is Cc1cccc(Nc2ccncc2S(=O)(=O)N(COP(=O)([O-])[O-])C(=O)NC(C)C)c1.[K+].[K+]. The van der Waals surface area contributed by atoms with Crippen molar-refractivity contribution in [2.45, 2.75) is 31.7 Å². The van der Waals surface area contributed by atoms with Crippen LogP contribution in [0.15, 0.2) is 47.6 Å². The van der Waals surface area contributed by atoms with E-state index in [0.29, 0.717) is 5.69 Å². The second-order valence-corrected chi connectivity index (χ2v) is 9.51. The Morgan fingerprint density at radius 2 is 1.91 bits per heavy atom. The van der Waals surface area contributed by atoms with Crippen LogP contribution in [0.1, 0.15) is 19.4 Å². The Bertz CT molecular complexity index is 1070. The summed E-state index contributed by atoms with van der Waals surface area (Å²) in [4.78, 5) is 37.5. The zero-order chi connectivity index (χ0) is 22.5. The third-order valence-corrected chi connectivity index (χ3v) is 5.79. The number of urea groups is 1. The van der Waals surface area contributed by atoms with Crippen LogP contribution in [0.2, 0.25) is 0 Å². The van der Waals surface area contributed by atoms with Crippen molar-refractivity contribution in [1.82, 2.24) is 14.6 Å². The second-order valence-electron chi connectivity index (χ2n) is 6.53. The molecule has 0 spiro atoms. The smallest absolute Gasteiger partial charge is 0.790 e. The molecule has 0 atom stereocenters. The van der Waals surface area contributed by atoms with Gasteiger partial charge in [-0.05, 0) is 44.5 Å². The van der Waals surface area contributed by atoms with E-state index in [-0.39, 0.29) is 113 Å². The Hall–Kier alpha value is 0.773. The van der Waals surface area contributed by atoms with Crippen LogP contribution in [-0.2, 0) is 19.1 Å². The molecule has 2 N–H and O–H groups in total. The predicted molar refractivity (Wildman–Crippen MR) is 105 cm³/mol. The van der Waals surface area contributed by atoms with Gasteiger partial charge >= 0.3 is 109 Å². The predicted octanol–water partition coefficient (Wildman–Crippen LogP) is -4.95. The van der Waals surface area contributed by atoms with Gasteiger partial charge in [-0.25, -0.2) is 13.2 Å². The molecule has 11 nitrogen and oxygen atoms in total. The summed E-state index contributed by atoms with van der Waals surface area (Å²) >= 11 is 0. The number of aryl methyl sites for hydroxylation is 1.